The van der Waals surface area contributed by atoms with E-state index in [2.05, 4.69) is 30.8 Å². The maximum absolute atomic E-state index is 12.2. The molecule has 0 N–H and O–H groups in total. The molecule has 5 nitrogen and oxygen atoms in total. The SMILES string of the molecule is CC1CC(N(C)CC(=O)N2CCOCC2)CCN1C. The highest BCUT2D eigenvalue weighted by Crippen LogP contribution is 2.19. The zero-order valence-electron chi connectivity index (χ0n) is 12.5. The normalized spacial score (nSPS) is 29.8. The van der Waals surface area contributed by atoms with Gasteiger partial charge in [-0.15, -0.1) is 0 Å². The Morgan fingerprint density at radius 1 is 1.32 bits per heavy atom. The number of carbonyl (C=O) groups is 1. The van der Waals surface area contributed by atoms with Gasteiger partial charge in [0, 0.05) is 25.2 Å². The van der Waals surface area contributed by atoms with Crippen molar-refractivity contribution in [3.8, 4) is 0 Å². The number of likely N-dealkylation sites (tertiary alicyclic amines) is 1. The number of piperidine rings is 1. The number of hydrogen-bond donors (Lipinski definition) is 0. The third-order valence-electron chi connectivity index (χ3n) is 4.55. The molecule has 2 aliphatic rings. The van der Waals surface area contributed by atoms with Crippen LogP contribution in [0.3, 0.4) is 0 Å². The number of ether oxygens (including phenoxy) is 1. The third kappa shape index (κ3) is 3.91. The Labute approximate surface area is 116 Å². The lowest BCUT2D eigenvalue weighted by atomic mass is 9.98. The lowest BCUT2D eigenvalue weighted by Crippen LogP contribution is -2.50. The van der Waals surface area contributed by atoms with E-state index >= 15 is 0 Å². The molecule has 0 aromatic heterocycles. The molecule has 0 aromatic carbocycles. The van der Waals surface area contributed by atoms with Crippen molar-refractivity contribution >= 4 is 5.91 Å². The number of rotatable bonds is 3. The third-order valence-corrected chi connectivity index (χ3v) is 4.55. The van der Waals surface area contributed by atoms with Crippen LogP contribution in [0.5, 0.6) is 0 Å². The van der Waals surface area contributed by atoms with E-state index < -0.39 is 0 Å². The summed E-state index contributed by atoms with van der Waals surface area (Å²) in [6, 6.07) is 1.15. The van der Waals surface area contributed by atoms with Crippen LogP contribution < -0.4 is 0 Å². The summed E-state index contributed by atoms with van der Waals surface area (Å²) in [6.07, 6.45) is 2.32. The average Bonchev–Trinajstić information content (AvgIpc) is 2.42. The highest BCUT2D eigenvalue weighted by molar-refractivity contribution is 5.78. The molecule has 2 fully saturated rings. The second kappa shape index (κ2) is 6.68. The van der Waals surface area contributed by atoms with Crippen LogP contribution in [0.1, 0.15) is 19.8 Å². The van der Waals surface area contributed by atoms with Crippen molar-refractivity contribution in [2.24, 2.45) is 0 Å². The summed E-state index contributed by atoms with van der Waals surface area (Å²) in [4.78, 5) is 18.8. The number of carbonyl (C=O) groups excluding carboxylic acids is 1. The molecule has 2 rings (SSSR count). The van der Waals surface area contributed by atoms with Crippen molar-refractivity contribution in [1.29, 1.82) is 0 Å². The molecule has 5 heteroatoms. The smallest absolute Gasteiger partial charge is 0.236 e. The Kier molecular flexibility index (Phi) is 5.19. The van der Waals surface area contributed by atoms with Gasteiger partial charge in [-0.05, 0) is 40.4 Å². The van der Waals surface area contributed by atoms with E-state index in [9.17, 15) is 4.79 Å². The molecule has 1 amide bonds. The number of nitrogens with zero attached hydrogens (tertiary/aromatic N) is 3. The molecule has 0 spiro atoms. The van der Waals surface area contributed by atoms with E-state index in [0.717, 1.165) is 32.5 Å². The fourth-order valence-electron chi connectivity index (χ4n) is 2.92. The lowest BCUT2D eigenvalue weighted by Gasteiger charge is -2.39. The van der Waals surface area contributed by atoms with E-state index in [1.165, 1.54) is 0 Å². The first-order valence-electron chi connectivity index (χ1n) is 7.34. The van der Waals surface area contributed by atoms with E-state index in [1.54, 1.807) is 0 Å². The Balaban J connectivity index is 1.79. The maximum atomic E-state index is 12.2. The van der Waals surface area contributed by atoms with Crippen molar-refractivity contribution in [3.63, 3.8) is 0 Å². The van der Waals surface area contributed by atoms with Gasteiger partial charge >= 0.3 is 0 Å². The molecule has 0 aliphatic carbocycles. The first kappa shape index (κ1) is 14.8. The average molecular weight is 269 g/mol. The second-order valence-electron chi connectivity index (χ2n) is 5.92. The number of amides is 1. The predicted molar refractivity (Wildman–Crippen MR) is 75.1 cm³/mol. The fraction of sp³-hybridized carbons (Fsp3) is 0.929. The first-order valence-corrected chi connectivity index (χ1v) is 7.34. The zero-order chi connectivity index (χ0) is 13.8. The molecular weight excluding hydrogens is 242 g/mol. The van der Waals surface area contributed by atoms with Gasteiger partial charge in [0.15, 0.2) is 0 Å². The van der Waals surface area contributed by atoms with Crippen molar-refractivity contribution < 1.29 is 9.53 Å². The van der Waals surface area contributed by atoms with Gasteiger partial charge in [-0.2, -0.15) is 0 Å². The van der Waals surface area contributed by atoms with Crippen LogP contribution in [-0.2, 0) is 9.53 Å². The van der Waals surface area contributed by atoms with Crippen molar-refractivity contribution in [1.82, 2.24) is 14.7 Å². The Bertz CT molecular complexity index is 305. The fourth-order valence-corrected chi connectivity index (χ4v) is 2.92. The minimum atomic E-state index is 0.248. The van der Waals surface area contributed by atoms with E-state index in [0.29, 0.717) is 31.8 Å². The first-order chi connectivity index (χ1) is 9.08. The van der Waals surface area contributed by atoms with Gasteiger partial charge in [-0.3, -0.25) is 9.69 Å². The van der Waals surface area contributed by atoms with Crippen LogP contribution in [0.2, 0.25) is 0 Å². The number of morpholine rings is 1. The summed E-state index contributed by atoms with van der Waals surface area (Å²) in [5.41, 5.74) is 0. The molecular formula is C14H27N3O2. The van der Waals surface area contributed by atoms with Gasteiger partial charge in [0.25, 0.3) is 0 Å². The highest BCUT2D eigenvalue weighted by Gasteiger charge is 2.27. The molecule has 2 aliphatic heterocycles. The monoisotopic (exact) mass is 269 g/mol. The standard InChI is InChI=1S/C14H27N3O2/c1-12-10-13(4-5-15(12)2)16(3)11-14(18)17-6-8-19-9-7-17/h12-13H,4-11H2,1-3H3. The van der Waals surface area contributed by atoms with Gasteiger partial charge in [0.05, 0.1) is 19.8 Å². The van der Waals surface area contributed by atoms with Crippen LogP contribution in [0, 0.1) is 0 Å². The number of hydrogen-bond acceptors (Lipinski definition) is 4. The summed E-state index contributed by atoms with van der Waals surface area (Å²) in [5.74, 6) is 0.248. The van der Waals surface area contributed by atoms with E-state index in [4.69, 9.17) is 4.74 Å². The Morgan fingerprint density at radius 3 is 2.63 bits per heavy atom. The molecule has 2 atom stereocenters. The zero-order valence-corrected chi connectivity index (χ0v) is 12.5. The van der Waals surface area contributed by atoms with Crippen molar-refractivity contribution in [3.05, 3.63) is 0 Å². The maximum Gasteiger partial charge on any atom is 0.236 e. The summed E-state index contributed by atoms with van der Waals surface area (Å²) in [5, 5.41) is 0. The predicted octanol–water partition coefficient (Wildman–Crippen LogP) is 0.260. The van der Waals surface area contributed by atoms with Gasteiger partial charge in [-0.25, -0.2) is 0 Å². The van der Waals surface area contributed by atoms with Gasteiger partial charge in [-0.1, -0.05) is 0 Å². The van der Waals surface area contributed by atoms with Crippen molar-refractivity contribution in [2.75, 3.05) is 53.5 Å². The second-order valence-corrected chi connectivity index (χ2v) is 5.92. The molecule has 0 radical (unpaired) electrons. The molecule has 2 unspecified atom stereocenters. The summed E-state index contributed by atoms with van der Waals surface area (Å²) in [6.45, 7) is 6.79. The van der Waals surface area contributed by atoms with Gasteiger partial charge in [0.2, 0.25) is 5.91 Å². The molecule has 0 bridgehead atoms. The quantitative estimate of drug-likeness (QED) is 0.736. The topological polar surface area (TPSA) is 36.0 Å². The molecule has 0 aromatic rings. The van der Waals surface area contributed by atoms with Gasteiger partial charge in [0.1, 0.15) is 0 Å². The van der Waals surface area contributed by atoms with Crippen LogP contribution in [0.4, 0.5) is 0 Å². The summed E-state index contributed by atoms with van der Waals surface area (Å²) in [7, 11) is 4.26. The molecule has 2 heterocycles. The van der Waals surface area contributed by atoms with Crippen LogP contribution >= 0.6 is 0 Å². The minimum Gasteiger partial charge on any atom is -0.378 e. The molecule has 2 saturated heterocycles. The van der Waals surface area contributed by atoms with Crippen LogP contribution in [-0.4, -0.2) is 86.2 Å². The summed E-state index contributed by atoms with van der Waals surface area (Å²) >= 11 is 0. The summed E-state index contributed by atoms with van der Waals surface area (Å²) < 4.78 is 5.28. The minimum absolute atomic E-state index is 0.248. The molecule has 0 saturated carbocycles. The van der Waals surface area contributed by atoms with E-state index in [-0.39, 0.29) is 5.91 Å². The van der Waals surface area contributed by atoms with E-state index in [1.807, 2.05) is 4.90 Å². The van der Waals surface area contributed by atoms with Crippen LogP contribution in [0.25, 0.3) is 0 Å². The van der Waals surface area contributed by atoms with Crippen molar-refractivity contribution in [2.45, 2.75) is 31.8 Å². The highest BCUT2D eigenvalue weighted by atomic mass is 16.5. The van der Waals surface area contributed by atoms with Crippen LogP contribution in [0.15, 0.2) is 0 Å². The Morgan fingerprint density at radius 2 is 2.00 bits per heavy atom. The Hall–Kier alpha value is -0.650. The van der Waals surface area contributed by atoms with Gasteiger partial charge < -0.3 is 14.5 Å². The molecule has 110 valence electrons. The molecule has 19 heavy (non-hydrogen) atoms. The largest absolute Gasteiger partial charge is 0.378 e. The lowest BCUT2D eigenvalue weighted by molar-refractivity contribution is -0.137. The number of likely N-dealkylation sites (N-methyl/N-ethyl adjacent to an activating group) is 1.